The van der Waals surface area contributed by atoms with Crippen LogP contribution in [0.25, 0.3) is 0 Å². The summed E-state index contributed by atoms with van der Waals surface area (Å²) >= 11 is 1.50. The van der Waals surface area contributed by atoms with Gasteiger partial charge in [-0.2, -0.15) is 11.8 Å². The van der Waals surface area contributed by atoms with Crippen LogP contribution in [0.3, 0.4) is 0 Å². The number of halogens is 1. The van der Waals surface area contributed by atoms with Crippen LogP contribution in [0.5, 0.6) is 0 Å². The molecular formula is C13H16FNO3S. The fourth-order valence-corrected chi connectivity index (χ4v) is 1.94. The van der Waals surface area contributed by atoms with Crippen molar-refractivity contribution in [1.82, 2.24) is 5.32 Å². The Balaban J connectivity index is 2.75. The number of carboxylic acid groups (broad SMARTS) is 1. The highest BCUT2D eigenvalue weighted by atomic mass is 32.2. The first-order valence-electron chi connectivity index (χ1n) is 5.74. The molecule has 1 amide bonds. The maximum Gasteiger partial charge on any atom is 0.326 e. The molecule has 0 radical (unpaired) electrons. The number of nitrogens with one attached hydrogen (secondary N) is 1. The van der Waals surface area contributed by atoms with E-state index in [2.05, 4.69) is 5.32 Å². The van der Waals surface area contributed by atoms with Crippen molar-refractivity contribution in [1.29, 1.82) is 0 Å². The number of hydrogen-bond donors (Lipinski definition) is 2. The number of rotatable bonds is 6. The molecule has 2 N–H and O–H groups in total. The molecule has 0 aliphatic rings. The van der Waals surface area contributed by atoms with E-state index in [0.717, 1.165) is 6.07 Å². The van der Waals surface area contributed by atoms with Gasteiger partial charge in [-0.25, -0.2) is 9.18 Å². The molecule has 1 atom stereocenters. The number of carbonyl (C=O) groups excluding carboxylic acids is 1. The van der Waals surface area contributed by atoms with Crippen molar-refractivity contribution < 1.29 is 19.1 Å². The third kappa shape index (κ3) is 4.55. The molecule has 19 heavy (non-hydrogen) atoms. The average molecular weight is 285 g/mol. The van der Waals surface area contributed by atoms with Gasteiger partial charge in [0.25, 0.3) is 5.91 Å². The smallest absolute Gasteiger partial charge is 0.326 e. The van der Waals surface area contributed by atoms with Crippen molar-refractivity contribution >= 4 is 23.6 Å². The molecule has 0 spiro atoms. The largest absolute Gasteiger partial charge is 0.480 e. The lowest BCUT2D eigenvalue weighted by molar-refractivity contribution is -0.139. The maximum atomic E-state index is 13.3. The van der Waals surface area contributed by atoms with E-state index in [1.165, 1.54) is 23.9 Å². The fourth-order valence-electron chi connectivity index (χ4n) is 1.47. The van der Waals surface area contributed by atoms with E-state index < -0.39 is 23.7 Å². The normalized spacial score (nSPS) is 11.9. The lowest BCUT2D eigenvalue weighted by atomic mass is 10.1. The molecule has 0 saturated carbocycles. The molecule has 104 valence electrons. The Morgan fingerprint density at radius 3 is 2.68 bits per heavy atom. The topological polar surface area (TPSA) is 66.4 Å². The summed E-state index contributed by atoms with van der Waals surface area (Å²) in [5.74, 6) is -1.52. The third-order valence-corrected chi connectivity index (χ3v) is 3.29. The van der Waals surface area contributed by atoms with Crippen LogP contribution in [-0.4, -0.2) is 35.0 Å². The monoisotopic (exact) mass is 285 g/mol. The van der Waals surface area contributed by atoms with Gasteiger partial charge in [0.05, 0.1) is 0 Å². The van der Waals surface area contributed by atoms with E-state index in [4.69, 9.17) is 5.11 Å². The minimum absolute atomic E-state index is 0.124. The van der Waals surface area contributed by atoms with Gasteiger partial charge in [-0.05, 0) is 43.0 Å². The zero-order valence-corrected chi connectivity index (χ0v) is 11.6. The molecule has 1 aromatic rings. The Labute approximate surface area is 115 Å². The molecule has 0 fully saturated rings. The molecular weight excluding hydrogens is 269 g/mol. The number of amides is 1. The highest BCUT2D eigenvalue weighted by Gasteiger charge is 2.20. The number of benzene rings is 1. The van der Waals surface area contributed by atoms with Gasteiger partial charge in [-0.15, -0.1) is 0 Å². The van der Waals surface area contributed by atoms with Crippen molar-refractivity contribution in [2.75, 3.05) is 12.0 Å². The first-order chi connectivity index (χ1) is 8.95. The highest BCUT2D eigenvalue weighted by molar-refractivity contribution is 7.98. The summed E-state index contributed by atoms with van der Waals surface area (Å²) in [5.41, 5.74) is 0.562. The Bertz CT molecular complexity index is 479. The van der Waals surface area contributed by atoms with Crippen molar-refractivity contribution in [3.63, 3.8) is 0 Å². The number of thioether (sulfide) groups is 1. The van der Waals surface area contributed by atoms with Crippen molar-refractivity contribution in [3.8, 4) is 0 Å². The summed E-state index contributed by atoms with van der Waals surface area (Å²) in [4.78, 5) is 22.8. The van der Waals surface area contributed by atoms with E-state index in [1.807, 2.05) is 6.26 Å². The quantitative estimate of drug-likeness (QED) is 0.839. The standard InChI is InChI=1S/C13H16FNO3S/c1-8-3-4-9(7-10(8)14)12(16)15-11(13(17)18)5-6-19-2/h3-4,7,11H,5-6H2,1-2H3,(H,15,16)(H,17,18). The Hall–Kier alpha value is -1.56. The molecule has 1 aromatic carbocycles. The van der Waals surface area contributed by atoms with Crippen LogP contribution in [-0.2, 0) is 4.79 Å². The molecule has 1 unspecified atom stereocenters. The number of hydrogen-bond acceptors (Lipinski definition) is 3. The van der Waals surface area contributed by atoms with Crippen LogP contribution in [0, 0.1) is 12.7 Å². The van der Waals surface area contributed by atoms with E-state index in [-0.39, 0.29) is 5.56 Å². The molecule has 4 nitrogen and oxygen atoms in total. The van der Waals surface area contributed by atoms with Crippen molar-refractivity contribution in [3.05, 3.63) is 35.1 Å². The van der Waals surface area contributed by atoms with Crippen molar-refractivity contribution in [2.24, 2.45) is 0 Å². The minimum Gasteiger partial charge on any atom is -0.480 e. The van der Waals surface area contributed by atoms with Crippen LogP contribution in [0.4, 0.5) is 4.39 Å². The number of carbonyl (C=O) groups is 2. The van der Waals surface area contributed by atoms with Crippen LogP contribution < -0.4 is 5.32 Å². The molecule has 0 bridgehead atoms. The average Bonchev–Trinajstić information content (AvgIpc) is 2.37. The summed E-state index contributed by atoms with van der Waals surface area (Å²) in [6.45, 7) is 1.59. The van der Waals surface area contributed by atoms with E-state index in [1.54, 1.807) is 6.92 Å². The molecule has 0 heterocycles. The summed E-state index contributed by atoms with van der Waals surface area (Å²) < 4.78 is 13.3. The van der Waals surface area contributed by atoms with Gasteiger partial charge >= 0.3 is 5.97 Å². The predicted octanol–water partition coefficient (Wildman–Crippen LogP) is 2.07. The first-order valence-corrected chi connectivity index (χ1v) is 7.14. The summed E-state index contributed by atoms with van der Waals surface area (Å²) in [7, 11) is 0. The maximum absolute atomic E-state index is 13.3. The molecule has 0 aromatic heterocycles. The zero-order chi connectivity index (χ0) is 14.4. The Morgan fingerprint density at radius 2 is 2.16 bits per heavy atom. The summed E-state index contributed by atoms with van der Waals surface area (Å²) in [6, 6.07) is 3.12. The molecule has 1 rings (SSSR count). The van der Waals surface area contributed by atoms with Gasteiger partial charge in [-0.1, -0.05) is 6.07 Å². The van der Waals surface area contributed by atoms with Gasteiger partial charge < -0.3 is 10.4 Å². The second-order valence-electron chi connectivity index (χ2n) is 4.11. The van der Waals surface area contributed by atoms with E-state index in [9.17, 15) is 14.0 Å². The lowest BCUT2D eigenvalue weighted by Crippen LogP contribution is -2.41. The van der Waals surface area contributed by atoms with Gasteiger partial charge in [0.2, 0.25) is 0 Å². The fraction of sp³-hybridized carbons (Fsp3) is 0.385. The SMILES string of the molecule is CSCCC(NC(=O)c1ccc(C)c(F)c1)C(=O)O. The number of aryl methyl sites for hydroxylation is 1. The van der Waals surface area contributed by atoms with Crippen LogP contribution in [0.2, 0.25) is 0 Å². The highest BCUT2D eigenvalue weighted by Crippen LogP contribution is 2.10. The van der Waals surface area contributed by atoms with Gasteiger partial charge in [0.15, 0.2) is 0 Å². The second kappa shape index (κ2) is 7.13. The first kappa shape index (κ1) is 15.5. The molecule has 0 saturated heterocycles. The Morgan fingerprint density at radius 1 is 1.47 bits per heavy atom. The predicted molar refractivity (Wildman–Crippen MR) is 73.0 cm³/mol. The molecule has 6 heteroatoms. The van der Waals surface area contributed by atoms with Crippen LogP contribution in [0.1, 0.15) is 22.3 Å². The van der Waals surface area contributed by atoms with Crippen LogP contribution >= 0.6 is 11.8 Å². The summed E-state index contributed by atoms with van der Waals surface area (Å²) in [6.07, 6.45) is 2.19. The lowest BCUT2D eigenvalue weighted by Gasteiger charge is -2.14. The third-order valence-electron chi connectivity index (χ3n) is 2.65. The van der Waals surface area contributed by atoms with E-state index >= 15 is 0 Å². The van der Waals surface area contributed by atoms with Gasteiger partial charge in [0.1, 0.15) is 11.9 Å². The minimum atomic E-state index is -1.09. The molecule has 0 aliphatic heterocycles. The van der Waals surface area contributed by atoms with E-state index in [0.29, 0.717) is 17.7 Å². The number of carboxylic acids is 1. The zero-order valence-electron chi connectivity index (χ0n) is 10.8. The number of aliphatic carboxylic acids is 1. The summed E-state index contributed by atoms with van der Waals surface area (Å²) in [5, 5.41) is 11.4. The Kier molecular flexibility index (Phi) is 5.82. The van der Waals surface area contributed by atoms with Crippen LogP contribution in [0.15, 0.2) is 18.2 Å². The van der Waals surface area contributed by atoms with Gasteiger partial charge in [-0.3, -0.25) is 4.79 Å². The molecule has 0 aliphatic carbocycles. The van der Waals surface area contributed by atoms with Crippen molar-refractivity contribution in [2.45, 2.75) is 19.4 Å². The van der Waals surface area contributed by atoms with Gasteiger partial charge in [0, 0.05) is 5.56 Å². The second-order valence-corrected chi connectivity index (χ2v) is 5.10.